The minimum atomic E-state index is -0.895. The van der Waals surface area contributed by atoms with Gasteiger partial charge in [-0.25, -0.2) is 4.79 Å². The summed E-state index contributed by atoms with van der Waals surface area (Å²) in [5.74, 6) is -0.895. The van der Waals surface area contributed by atoms with E-state index >= 15 is 0 Å². The third kappa shape index (κ3) is 4.06. The molecule has 6 nitrogen and oxygen atoms in total. The van der Waals surface area contributed by atoms with Gasteiger partial charge in [0.1, 0.15) is 11.6 Å². The Kier molecular flexibility index (Phi) is 3.74. The van der Waals surface area contributed by atoms with Crippen molar-refractivity contribution >= 4 is 12.1 Å². The number of ether oxygens (including phenoxy) is 1. The quantitative estimate of drug-likeness (QED) is 0.636. The SMILES string of the molecule is CC(C)(C)OC(=O)N[C@H]1CN[C@H](C(=O)O)C1. The molecule has 0 aliphatic carbocycles. The first kappa shape index (κ1) is 12.8. The van der Waals surface area contributed by atoms with Gasteiger partial charge in [-0.3, -0.25) is 4.79 Å². The van der Waals surface area contributed by atoms with Crippen LogP contribution in [0.25, 0.3) is 0 Å². The van der Waals surface area contributed by atoms with Gasteiger partial charge in [-0.05, 0) is 27.2 Å². The summed E-state index contributed by atoms with van der Waals surface area (Å²) in [5, 5.41) is 14.2. The van der Waals surface area contributed by atoms with Gasteiger partial charge in [0.15, 0.2) is 0 Å². The molecule has 3 N–H and O–H groups in total. The molecule has 92 valence electrons. The second-order valence-electron chi connectivity index (χ2n) is 4.88. The average Bonchev–Trinajstić information content (AvgIpc) is 2.48. The molecule has 1 fully saturated rings. The molecular formula is C10H18N2O4. The largest absolute Gasteiger partial charge is 0.480 e. The van der Waals surface area contributed by atoms with Gasteiger partial charge in [-0.2, -0.15) is 0 Å². The number of carboxylic acid groups (broad SMARTS) is 1. The molecule has 0 aromatic rings. The molecule has 1 amide bonds. The Morgan fingerprint density at radius 2 is 2.06 bits per heavy atom. The molecule has 1 heterocycles. The summed E-state index contributed by atoms with van der Waals surface area (Å²) in [6, 6.07) is -0.768. The Morgan fingerprint density at radius 3 is 2.50 bits per heavy atom. The van der Waals surface area contributed by atoms with Crippen molar-refractivity contribution < 1.29 is 19.4 Å². The highest BCUT2D eigenvalue weighted by atomic mass is 16.6. The minimum absolute atomic E-state index is 0.184. The average molecular weight is 230 g/mol. The summed E-state index contributed by atoms with van der Waals surface area (Å²) in [4.78, 5) is 22.0. The first-order valence-electron chi connectivity index (χ1n) is 5.23. The maximum atomic E-state index is 11.4. The van der Waals surface area contributed by atoms with Gasteiger partial charge in [-0.15, -0.1) is 0 Å². The first-order valence-corrected chi connectivity index (χ1v) is 5.23. The summed E-state index contributed by atoms with van der Waals surface area (Å²) in [5.41, 5.74) is -0.539. The third-order valence-corrected chi connectivity index (χ3v) is 2.15. The number of aliphatic carboxylic acids is 1. The normalized spacial score (nSPS) is 25.2. The predicted octanol–water partition coefficient (Wildman–Crippen LogP) is 0.326. The summed E-state index contributed by atoms with van der Waals surface area (Å²) in [7, 11) is 0. The fraction of sp³-hybridized carbons (Fsp3) is 0.800. The Hall–Kier alpha value is -1.30. The van der Waals surface area contributed by atoms with Gasteiger partial charge in [0.2, 0.25) is 0 Å². The van der Waals surface area contributed by atoms with E-state index in [-0.39, 0.29) is 6.04 Å². The standard InChI is InChI=1S/C10H18N2O4/c1-10(2,3)16-9(15)12-6-4-7(8(13)14)11-5-6/h6-7,11H,4-5H2,1-3H3,(H,12,15)(H,13,14)/t6-,7+/m1/s1. The van der Waals surface area contributed by atoms with Crippen LogP contribution < -0.4 is 10.6 Å². The Bertz CT molecular complexity index is 285. The lowest BCUT2D eigenvalue weighted by atomic mass is 10.2. The number of carbonyl (C=O) groups excluding carboxylic acids is 1. The molecule has 0 unspecified atom stereocenters. The van der Waals surface area contributed by atoms with Gasteiger partial charge in [0.05, 0.1) is 0 Å². The van der Waals surface area contributed by atoms with Crippen molar-refractivity contribution in [3.8, 4) is 0 Å². The maximum Gasteiger partial charge on any atom is 0.407 e. The molecule has 0 aromatic heterocycles. The van der Waals surface area contributed by atoms with Crippen LogP contribution in [0, 0.1) is 0 Å². The lowest BCUT2D eigenvalue weighted by Crippen LogP contribution is -2.40. The van der Waals surface area contributed by atoms with Crippen LogP contribution in [0.5, 0.6) is 0 Å². The second kappa shape index (κ2) is 4.69. The van der Waals surface area contributed by atoms with Crippen LogP contribution in [0.3, 0.4) is 0 Å². The fourth-order valence-electron chi connectivity index (χ4n) is 1.51. The monoisotopic (exact) mass is 230 g/mol. The zero-order chi connectivity index (χ0) is 12.3. The number of hydrogen-bond acceptors (Lipinski definition) is 4. The highest BCUT2D eigenvalue weighted by Gasteiger charge is 2.30. The number of carboxylic acids is 1. The molecule has 1 aliphatic heterocycles. The van der Waals surface area contributed by atoms with Crippen LogP contribution in [0.2, 0.25) is 0 Å². The number of hydrogen-bond donors (Lipinski definition) is 3. The lowest BCUT2D eigenvalue weighted by molar-refractivity contribution is -0.139. The van der Waals surface area contributed by atoms with Crippen LogP contribution >= 0.6 is 0 Å². The van der Waals surface area contributed by atoms with Gasteiger partial charge >= 0.3 is 12.1 Å². The molecule has 6 heteroatoms. The molecule has 0 saturated carbocycles. The van der Waals surface area contributed by atoms with Gasteiger partial charge in [0, 0.05) is 12.6 Å². The van der Waals surface area contributed by atoms with Crippen LogP contribution in [-0.4, -0.2) is 41.4 Å². The summed E-state index contributed by atoms with van der Waals surface area (Å²) < 4.78 is 5.07. The molecule has 0 radical (unpaired) electrons. The van der Waals surface area contributed by atoms with Crippen molar-refractivity contribution in [2.45, 2.75) is 44.9 Å². The Morgan fingerprint density at radius 1 is 1.44 bits per heavy atom. The molecule has 2 atom stereocenters. The number of amides is 1. The summed E-state index contributed by atoms with van der Waals surface area (Å²) in [6.07, 6.45) is -0.125. The minimum Gasteiger partial charge on any atom is -0.480 e. The van der Waals surface area contributed by atoms with Crippen molar-refractivity contribution in [1.82, 2.24) is 10.6 Å². The highest BCUT2D eigenvalue weighted by Crippen LogP contribution is 2.10. The third-order valence-electron chi connectivity index (χ3n) is 2.15. The summed E-state index contributed by atoms with van der Waals surface area (Å²) >= 11 is 0. The molecule has 0 spiro atoms. The van der Waals surface area contributed by atoms with E-state index in [1.807, 2.05) is 0 Å². The first-order chi connectivity index (χ1) is 7.28. The van der Waals surface area contributed by atoms with E-state index in [0.29, 0.717) is 13.0 Å². The van der Waals surface area contributed by atoms with Crippen molar-refractivity contribution in [3.05, 3.63) is 0 Å². The van der Waals surface area contributed by atoms with E-state index in [4.69, 9.17) is 9.84 Å². The molecule has 1 rings (SSSR count). The fourth-order valence-corrected chi connectivity index (χ4v) is 1.51. The number of nitrogens with one attached hydrogen (secondary N) is 2. The van der Waals surface area contributed by atoms with Crippen molar-refractivity contribution in [2.24, 2.45) is 0 Å². The smallest absolute Gasteiger partial charge is 0.407 e. The van der Waals surface area contributed by atoms with Crippen LogP contribution in [0.15, 0.2) is 0 Å². The molecule has 1 aliphatic rings. The van der Waals surface area contributed by atoms with E-state index in [1.54, 1.807) is 20.8 Å². The maximum absolute atomic E-state index is 11.4. The zero-order valence-electron chi connectivity index (χ0n) is 9.74. The van der Waals surface area contributed by atoms with Crippen LogP contribution in [-0.2, 0) is 9.53 Å². The molecule has 1 saturated heterocycles. The van der Waals surface area contributed by atoms with E-state index in [1.165, 1.54) is 0 Å². The lowest BCUT2D eigenvalue weighted by Gasteiger charge is -2.21. The Balaban J connectivity index is 2.34. The number of alkyl carbamates (subject to hydrolysis) is 1. The van der Waals surface area contributed by atoms with Crippen molar-refractivity contribution in [3.63, 3.8) is 0 Å². The van der Waals surface area contributed by atoms with Gasteiger partial charge in [-0.1, -0.05) is 0 Å². The zero-order valence-corrected chi connectivity index (χ0v) is 9.74. The van der Waals surface area contributed by atoms with Gasteiger partial charge in [0.25, 0.3) is 0 Å². The second-order valence-corrected chi connectivity index (χ2v) is 4.88. The molecule has 0 aromatic carbocycles. The summed E-state index contributed by atoms with van der Waals surface area (Å²) in [6.45, 7) is 5.79. The highest BCUT2D eigenvalue weighted by molar-refractivity contribution is 5.74. The van der Waals surface area contributed by atoms with Crippen molar-refractivity contribution in [1.29, 1.82) is 0 Å². The predicted molar refractivity (Wildman–Crippen MR) is 57.2 cm³/mol. The van der Waals surface area contributed by atoms with E-state index in [0.717, 1.165) is 0 Å². The van der Waals surface area contributed by atoms with E-state index < -0.39 is 23.7 Å². The van der Waals surface area contributed by atoms with Crippen LogP contribution in [0.1, 0.15) is 27.2 Å². The number of carbonyl (C=O) groups is 2. The molecular weight excluding hydrogens is 212 g/mol. The van der Waals surface area contributed by atoms with Gasteiger partial charge < -0.3 is 20.5 Å². The van der Waals surface area contributed by atoms with Crippen LogP contribution in [0.4, 0.5) is 4.79 Å². The molecule has 16 heavy (non-hydrogen) atoms. The van der Waals surface area contributed by atoms with E-state index in [9.17, 15) is 9.59 Å². The van der Waals surface area contributed by atoms with E-state index in [2.05, 4.69) is 10.6 Å². The number of rotatable bonds is 2. The molecule has 0 bridgehead atoms. The topological polar surface area (TPSA) is 87.7 Å². The Labute approximate surface area is 94.3 Å². The van der Waals surface area contributed by atoms with Crippen molar-refractivity contribution in [2.75, 3.05) is 6.54 Å².